The van der Waals surface area contributed by atoms with Crippen molar-refractivity contribution in [2.24, 2.45) is 0 Å². The molecule has 5 nitrogen and oxygen atoms in total. The molecule has 9 rings (SSSR count). The Balaban J connectivity index is 0.000000171. The van der Waals surface area contributed by atoms with Crippen LogP contribution in [0.5, 0.6) is 28.7 Å². The van der Waals surface area contributed by atoms with E-state index >= 15 is 0 Å². The van der Waals surface area contributed by atoms with E-state index in [0.29, 0.717) is 28.7 Å². The lowest BCUT2D eigenvalue weighted by Gasteiger charge is -2.16. The quantitative estimate of drug-likeness (QED) is 0.0840. The largest absolute Gasteiger partial charge is 0.508 e. The van der Waals surface area contributed by atoms with Crippen molar-refractivity contribution in [1.82, 2.24) is 0 Å². The zero-order valence-corrected chi connectivity index (χ0v) is 43.7. The molecule has 0 fully saturated rings. The Kier molecular flexibility index (Phi) is 17.6. The predicted molar refractivity (Wildman–Crippen MR) is 301 cm³/mol. The number of hydrogen-bond acceptors (Lipinski definition) is 5. The fourth-order valence-corrected chi connectivity index (χ4v) is 9.41. The smallest absolute Gasteiger partial charge is 0.115 e. The van der Waals surface area contributed by atoms with Crippen LogP contribution < -0.4 is 0 Å². The molecule has 0 aromatic heterocycles. The van der Waals surface area contributed by atoms with Crippen LogP contribution in [0.2, 0.25) is 0 Å². The second kappa shape index (κ2) is 24.4. The molecule has 0 saturated heterocycles. The van der Waals surface area contributed by atoms with Crippen LogP contribution in [-0.2, 0) is 38.5 Å². The van der Waals surface area contributed by atoms with Gasteiger partial charge in [0.1, 0.15) is 28.7 Å². The first-order valence-electron chi connectivity index (χ1n) is 25.2. The Morgan fingerprint density at radius 3 is 0.644 bits per heavy atom. The molecule has 0 radical (unpaired) electrons. The van der Waals surface area contributed by atoms with Crippen LogP contribution in [-0.4, -0.2) is 25.5 Å². The standard InChI is InChI=1S/C31H32O2.C22H22O2.C15H16O/c1-20-13-22(3)28(17-26(20)15-24-5-9-30(32)10-6-24)19-29-18-27(21(2)14-23(29)4)16-25-7-11-31(33)12-8-25;1-15-11-16(2)20(13-18-5-9-22(24)10-6-18)14-19(15)12-17-3-7-21(23)8-4-17;1-11-3-6-14(12(2)9-11)10-13-4-7-15(16)8-5-13/h5-14,17-18,32-33H,15-16,19H2,1-4H3;3-11,14,23-24H,12-13H2,1-2H3;3-9,16H,10H2,1-2H3. The summed E-state index contributed by atoms with van der Waals surface area (Å²) < 4.78 is 0. The summed E-state index contributed by atoms with van der Waals surface area (Å²) in [5.41, 5.74) is 25.8. The maximum absolute atomic E-state index is 9.58. The van der Waals surface area contributed by atoms with Crippen LogP contribution in [0.15, 0.2) is 176 Å². The number of aromatic hydroxyl groups is 5. The van der Waals surface area contributed by atoms with E-state index in [2.05, 4.69) is 110 Å². The summed E-state index contributed by atoms with van der Waals surface area (Å²) in [5.74, 6) is 1.53. The minimum atomic E-state index is 0.299. The summed E-state index contributed by atoms with van der Waals surface area (Å²) in [5, 5.41) is 47.2. The lowest BCUT2D eigenvalue weighted by Crippen LogP contribution is -2.02. The summed E-state index contributed by atoms with van der Waals surface area (Å²) in [4.78, 5) is 0. The van der Waals surface area contributed by atoms with Gasteiger partial charge in [-0.2, -0.15) is 0 Å². The first kappa shape index (κ1) is 52.8. The minimum Gasteiger partial charge on any atom is -0.508 e. The monoisotopic (exact) mass is 967 g/mol. The molecule has 0 spiro atoms. The second-order valence-corrected chi connectivity index (χ2v) is 19.9. The Bertz CT molecular complexity index is 3090. The van der Waals surface area contributed by atoms with Gasteiger partial charge in [0, 0.05) is 0 Å². The first-order valence-corrected chi connectivity index (χ1v) is 25.2. The molecule has 0 saturated carbocycles. The van der Waals surface area contributed by atoms with Crippen molar-refractivity contribution in [1.29, 1.82) is 0 Å². The second-order valence-electron chi connectivity index (χ2n) is 19.9. The molecule has 73 heavy (non-hydrogen) atoms. The molecule has 0 aliphatic rings. The van der Waals surface area contributed by atoms with Gasteiger partial charge in [-0.3, -0.25) is 0 Å². The third kappa shape index (κ3) is 15.2. The zero-order valence-electron chi connectivity index (χ0n) is 43.7. The normalized spacial score (nSPS) is 10.8. The maximum atomic E-state index is 9.58. The van der Waals surface area contributed by atoms with E-state index in [4.69, 9.17) is 0 Å². The molecule has 5 heteroatoms. The fraction of sp³-hybridized carbons (Fsp3) is 0.206. The summed E-state index contributed by atoms with van der Waals surface area (Å²) in [6, 6.07) is 57.6. The average Bonchev–Trinajstić information content (AvgIpc) is 3.35. The summed E-state index contributed by atoms with van der Waals surface area (Å²) in [6.07, 6.45) is 5.26. The molecule has 0 aliphatic heterocycles. The molecule has 9 aromatic carbocycles. The van der Waals surface area contributed by atoms with Crippen LogP contribution in [0.25, 0.3) is 0 Å². The van der Waals surface area contributed by atoms with Gasteiger partial charge in [0.15, 0.2) is 0 Å². The maximum Gasteiger partial charge on any atom is 0.115 e. The van der Waals surface area contributed by atoms with Crippen LogP contribution in [0.3, 0.4) is 0 Å². The van der Waals surface area contributed by atoms with Gasteiger partial charge in [0.25, 0.3) is 0 Å². The molecule has 0 atom stereocenters. The van der Waals surface area contributed by atoms with Crippen molar-refractivity contribution in [3.8, 4) is 28.7 Å². The molecule has 0 amide bonds. The highest BCUT2D eigenvalue weighted by Gasteiger charge is 2.12. The highest BCUT2D eigenvalue weighted by Crippen LogP contribution is 2.28. The lowest BCUT2D eigenvalue weighted by molar-refractivity contribution is 0.474. The number of phenols is 5. The number of aryl methyl sites for hydroxylation is 8. The minimum absolute atomic E-state index is 0.299. The van der Waals surface area contributed by atoms with Gasteiger partial charge in [-0.25, -0.2) is 0 Å². The van der Waals surface area contributed by atoms with Crippen molar-refractivity contribution >= 4 is 0 Å². The third-order valence-corrected chi connectivity index (χ3v) is 13.9. The van der Waals surface area contributed by atoms with Crippen molar-refractivity contribution in [2.45, 2.75) is 93.9 Å². The van der Waals surface area contributed by atoms with E-state index in [-0.39, 0.29) is 0 Å². The number of phenolic OH excluding ortho intramolecular Hbond substituents is 5. The van der Waals surface area contributed by atoms with E-state index in [1.807, 2.05) is 60.7 Å². The number of benzene rings is 9. The summed E-state index contributed by atoms with van der Waals surface area (Å²) in [6.45, 7) is 17.3. The van der Waals surface area contributed by atoms with Crippen LogP contribution in [0, 0.1) is 55.4 Å². The predicted octanol–water partition coefficient (Wildman–Crippen LogP) is 15.6. The molecule has 372 valence electrons. The Morgan fingerprint density at radius 1 is 0.205 bits per heavy atom. The van der Waals surface area contributed by atoms with Gasteiger partial charge in [-0.15, -0.1) is 0 Å². The van der Waals surface area contributed by atoms with Gasteiger partial charge in [0.05, 0.1) is 0 Å². The molecule has 0 unspecified atom stereocenters. The molecule has 0 aliphatic carbocycles. The third-order valence-electron chi connectivity index (χ3n) is 13.9. The Morgan fingerprint density at radius 2 is 0.411 bits per heavy atom. The van der Waals surface area contributed by atoms with Crippen molar-refractivity contribution in [3.63, 3.8) is 0 Å². The average molecular weight is 967 g/mol. The van der Waals surface area contributed by atoms with Gasteiger partial charge in [-0.1, -0.05) is 121 Å². The highest BCUT2D eigenvalue weighted by molar-refractivity contribution is 5.48. The van der Waals surface area contributed by atoms with Gasteiger partial charge < -0.3 is 25.5 Å². The SMILES string of the molecule is Cc1cc(C)c(Cc2cc(Cc3ccc(O)cc3)c(C)cc2C)cc1Cc1ccc(O)cc1.Cc1cc(C)c(Cc2ccc(O)cc2)cc1Cc1ccc(O)cc1.Cc1ccc(Cc2ccc(O)cc2)c(C)c1. The van der Waals surface area contributed by atoms with Crippen molar-refractivity contribution < 1.29 is 25.5 Å². The molecule has 0 bridgehead atoms. The Labute approximate surface area is 433 Å². The van der Waals surface area contributed by atoms with E-state index in [0.717, 1.165) is 38.5 Å². The van der Waals surface area contributed by atoms with Gasteiger partial charge in [-0.05, 0) is 260 Å². The fourth-order valence-electron chi connectivity index (χ4n) is 9.41. The topological polar surface area (TPSA) is 101 Å². The van der Waals surface area contributed by atoms with Gasteiger partial charge in [0.2, 0.25) is 0 Å². The Hall–Kier alpha value is -8.02. The number of hydrogen-bond donors (Lipinski definition) is 5. The van der Waals surface area contributed by atoms with Crippen molar-refractivity contribution in [3.05, 3.63) is 287 Å². The highest BCUT2D eigenvalue weighted by atomic mass is 16.3. The molecule has 9 aromatic rings. The van der Waals surface area contributed by atoms with E-state index < -0.39 is 0 Å². The molecular weight excluding hydrogens is 897 g/mol. The first-order chi connectivity index (χ1) is 34.9. The van der Waals surface area contributed by atoms with Crippen LogP contribution in [0.1, 0.15) is 111 Å². The van der Waals surface area contributed by atoms with Gasteiger partial charge >= 0.3 is 0 Å². The molecule has 0 heterocycles. The zero-order chi connectivity index (χ0) is 52.2. The van der Waals surface area contributed by atoms with Crippen LogP contribution >= 0.6 is 0 Å². The number of rotatable bonds is 12. The summed E-state index contributed by atoms with van der Waals surface area (Å²) >= 11 is 0. The molecular formula is C68H70O5. The van der Waals surface area contributed by atoms with Crippen LogP contribution in [0.4, 0.5) is 0 Å². The lowest BCUT2D eigenvalue weighted by atomic mass is 9.89. The van der Waals surface area contributed by atoms with E-state index in [9.17, 15) is 25.5 Å². The molecule has 5 N–H and O–H groups in total. The van der Waals surface area contributed by atoms with Crippen molar-refractivity contribution in [2.75, 3.05) is 0 Å². The van der Waals surface area contributed by atoms with E-state index in [1.54, 1.807) is 60.7 Å². The van der Waals surface area contributed by atoms with E-state index in [1.165, 1.54) is 111 Å². The summed E-state index contributed by atoms with van der Waals surface area (Å²) in [7, 11) is 0.